The average molecular weight is 153 g/mol. The Morgan fingerprint density at radius 3 is 2.45 bits per heavy atom. The maximum Gasteiger partial charge on any atom is 0.133 e. The average Bonchev–Trinajstić information content (AvgIpc) is 1.85. The molecule has 0 aromatic carbocycles. The fourth-order valence-electron chi connectivity index (χ4n) is 0.805. The summed E-state index contributed by atoms with van der Waals surface area (Å²) >= 11 is 0. The van der Waals surface area contributed by atoms with Crippen molar-refractivity contribution in [3.05, 3.63) is 23.9 Å². The van der Waals surface area contributed by atoms with E-state index in [2.05, 4.69) is 6.58 Å². The second-order valence-corrected chi connectivity index (χ2v) is 2.67. The van der Waals surface area contributed by atoms with Crippen LogP contribution in [0.1, 0.15) is 26.7 Å². The molecule has 11 heavy (non-hydrogen) atoms. The van der Waals surface area contributed by atoms with Gasteiger partial charge < -0.3 is 5.73 Å². The van der Waals surface area contributed by atoms with Crippen LogP contribution in [-0.4, -0.2) is 5.78 Å². The third kappa shape index (κ3) is 5.40. The van der Waals surface area contributed by atoms with Crippen LogP contribution in [0.4, 0.5) is 0 Å². The number of hydrogen-bond acceptors (Lipinski definition) is 2. The zero-order valence-corrected chi connectivity index (χ0v) is 7.18. The van der Waals surface area contributed by atoms with Crippen molar-refractivity contribution in [2.75, 3.05) is 0 Å². The Hall–Kier alpha value is -1.05. The summed E-state index contributed by atoms with van der Waals surface area (Å²) in [5, 5.41) is 0. The molecule has 0 aromatic rings. The molecule has 0 atom stereocenters. The van der Waals surface area contributed by atoms with E-state index in [0.717, 1.165) is 11.3 Å². The Labute approximate surface area is 67.8 Å². The third-order valence-electron chi connectivity index (χ3n) is 1.32. The van der Waals surface area contributed by atoms with E-state index in [9.17, 15) is 4.79 Å². The van der Waals surface area contributed by atoms with E-state index in [0.29, 0.717) is 12.8 Å². The van der Waals surface area contributed by atoms with Gasteiger partial charge >= 0.3 is 0 Å². The first-order valence-corrected chi connectivity index (χ1v) is 3.63. The second kappa shape index (κ2) is 4.72. The first-order valence-electron chi connectivity index (χ1n) is 3.63. The molecule has 0 saturated carbocycles. The molecule has 0 saturated heterocycles. The van der Waals surface area contributed by atoms with Gasteiger partial charge in [-0.05, 0) is 13.8 Å². The third-order valence-corrected chi connectivity index (χ3v) is 1.32. The summed E-state index contributed by atoms with van der Waals surface area (Å²) in [6.07, 6.45) is 2.90. The van der Waals surface area contributed by atoms with Gasteiger partial charge in [0.15, 0.2) is 0 Å². The summed E-state index contributed by atoms with van der Waals surface area (Å²) in [4.78, 5) is 10.6. The molecular formula is C9H15NO. The van der Waals surface area contributed by atoms with Crippen LogP contribution in [0, 0.1) is 0 Å². The van der Waals surface area contributed by atoms with Gasteiger partial charge in [-0.25, -0.2) is 0 Å². The summed E-state index contributed by atoms with van der Waals surface area (Å²) in [7, 11) is 0. The minimum absolute atomic E-state index is 0.138. The molecule has 0 rings (SSSR count). The normalized spacial score (nSPS) is 11.3. The minimum Gasteiger partial charge on any atom is -0.402 e. The van der Waals surface area contributed by atoms with Gasteiger partial charge in [-0.3, -0.25) is 4.79 Å². The van der Waals surface area contributed by atoms with Crippen molar-refractivity contribution in [3.8, 4) is 0 Å². The monoisotopic (exact) mass is 153 g/mol. The Morgan fingerprint density at radius 2 is 2.09 bits per heavy atom. The molecule has 0 bridgehead atoms. The number of nitrogens with two attached hydrogens (primary N) is 1. The Kier molecular flexibility index (Phi) is 4.27. The second-order valence-electron chi connectivity index (χ2n) is 2.67. The molecule has 2 nitrogen and oxygen atoms in total. The highest BCUT2D eigenvalue weighted by atomic mass is 16.1. The molecule has 0 aromatic heterocycles. The van der Waals surface area contributed by atoms with Crippen LogP contribution in [0.25, 0.3) is 0 Å². The predicted octanol–water partition coefficient (Wildman–Crippen LogP) is 1.77. The lowest BCUT2D eigenvalue weighted by Gasteiger charge is -2.02. The van der Waals surface area contributed by atoms with E-state index in [4.69, 9.17) is 5.73 Å². The van der Waals surface area contributed by atoms with E-state index < -0.39 is 0 Å². The van der Waals surface area contributed by atoms with Gasteiger partial charge in [0.2, 0.25) is 0 Å². The van der Waals surface area contributed by atoms with E-state index in [1.54, 1.807) is 6.92 Å². The standard InChI is InChI=1S/C9H15NO/c1-4-9(10)6-7(2)5-8(3)11/h4H,2,5-6,10H2,1,3H3/b9-4-. The summed E-state index contributed by atoms with van der Waals surface area (Å²) in [6, 6.07) is 0. The maximum atomic E-state index is 10.6. The molecule has 2 N–H and O–H groups in total. The Morgan fingerprint density at radius 1 is 1.55 bits per heavy atom. The van der Waals surface area contributed by atoms with Crippen LogP contribution in [0.2, 0.25) is 0 Å². The smallest absolute Gasteiger partial charge is 0.133 e. The van der Waals surface area contributed by atoms with Gasteiger partial charge in [0.1, 0.15) is 5.78 Å². The van der Waals surface area contributed by atoms with Crippen LogP contribution in [0.5, 0.6) is 0 Å². The molecule has 0 amide bonds. The summed E-state index contributed by atoms with van der Waals surface area (Å²) in [5.41, 5.74) is 7.20. The molecule has 0 aliphatic carbocycles. The van der Waals surface area contributed by atoms with E-state index in [-0.39, 0.29) is 5.78 Å². The largest absolute Gasteiger partial charge is 0.402 e. The zero-order valence-electron chi connectivity index (χ0n) is 7.18. The number of rotatable bonds is 4. The highest BCUT2D eigenvalue weighted by Gasteiger charge is 1.99. The Balaban J connectivity index is 3.79. The number of carbonyl (C=O) groups excluding carboxylic acids is 1. The van der Waals surface area contributed by atoms with Crippen LogP contribution in [0.15, 0.2) is 23.9 Å². The van der Waals surface area contributed by atoms with E-state index in [1.165, 1.54) is 0 Å². The highest BCUT2D eigenvalue weighted by molar-refractivity contribution is 5.78. The topological polar surface area (TPSA) is 43.1 Å². The van der Waals surface area contributed by atoms with Crippen molar-refractivity contribution < 1.29 is 4.79 Å². The van der Waals surface area contributed by atoms with Gasteiger partial charge in [0, 0.05) is 18.5 Å². The molecule has 0 aliphatic rings. The van der Waals surface area contributed by atoms with Crippen molar-refractivity contribution in [1.82, 2.24) is 0 Å². The number of Topliss-reactive ketones (excluding diaryl/α,β-unsaturated/α-hetero) is 1. The number of hydrogen-bond donors (Lipinski definition) is 1. The number of allylic oxidation sites excluding steroid dienone is 2. The molecule has 0 fully saturated rings. The van der Waals surface area contributed by atoms with Crippen molar-refractivity contribution in [2.24, 2.45) is 5.73 Å². The van der Waals surface area contributed by atoms with E-state index >= 15 is 0 Å². The van der Waals surface area contributed by atoms with E-state index in [1.807, 2.05) is 13.0 Å². The van der Waals surface area contributed by atoms with Crippen LogP contribution >= 0.6 is 0 Å². The zero-order chi connectivity index (χ0) is 8.85. The molecule has 0 spiro atoms. The van der Waals surface area contributed by atoms with Crippen LogP contribution in [-0.2, 0) is 4.79 Å². The SMILES string of the molecule is C=C(CC(C)=O)C/C(N)=C/C. The van der Waals surface area contributed by atoms with Crippen LogP contribution in [0.3, 0.4) is 0 Å². The first kappa shape index (κ1) is 9.95. The minimum atomic E-state index is 0.138. The molecule has 62 valence electrons. The number of ketones is 1. The molecule has 0 radical (unpaired) electrons. The lowest BCUT2D eigenvalue weighted by atomic mass is 10.1. The molecular weight excluding hydrogens is 138 g/mol. The highest BCUT2D eigenvalue weighted by Crippen LogP contribution is 2.08. The quantitative estimate of drug-likeness (QED) is 0.625. The van der Waals surface area contributed by atoms with Gasteiger partial charge in [-0.15, -0.1) is 0 Å². The van der Waals surface area contributed by atoms with Crippen molar-refractivity contribution in [1.29, 1.82) is 0 Å². The molecule has 0 unspecified atom stereocenters. The van der Waals surface area contributed by atoms with Gasteiger partial charge in [-0.1, -0.05) is 18.2 Å². The first-order chi connectivity index (χ1) is 5.06. The van der Waals surface area contributed by atoms with Crippen molar-refractivity contribution in [3.63, 3.8) is 0 Å². The van der Waals surface area contributed by atoms with Gasteiger partial charge in [-0.2, -0.15) is 0 Å². The molecule has 0 aliphatic heterocycles. The fourth-order valence-corrected chi connectivity index (χ4v) is 0.805. The van der Waals surface area contributed by atoms with Gasteiger partial charge in [0.25, 0.3) is 0 Å². The lowest BCUT2D eigenvalue weighted by molar-refractivity contribution is -0.116. The lowest BCUT2D eigenvalue weighted by Crippen LogP contribution is -2.00. The van der Waals surface area contributed by atoms with Crippen LogP contribution < -0.4 is 5.73 Å². The van der Waals surface area contributed by atoms with Gasteiger partial charge in [0.05, 0.1) is 0 Å². The predicted molar refractivity (Wildman–Crippen MR) is 47.0 cm³/mol. The van der Waals surface area contributed by atoms with Crippen molar-refractivity contribution >= 4 is 5.78 Å². The Bertz CT molecular complexity index is 192. The summed E-state index contributed by atoms with van der Waals surface area (Å²) in [6.45, 7) is 7.17. The molecule has 2 heteroatoms. The maximum absolute atomic E-state index is 10.6. The molecule has 0 heterocycles. The number of carbonyl (C=O) groups is 1. The summed E-state index contributed by atoms with van der Waals surface area (Å²) < 4.78 is 0. The van der Waals surface area contributed by atoms with Crippen molar-refractivity contribution in [2.45, 2.75) is 26.7 Å². The fraction of sp³-hybridized carbons (Fsp3) is 0.444. The summed E-state index contributed by atoms with van der Waals surface area (Å²) in [5.74, 6) is 0.138.